The van der Waals surface area contributed by atoms with E-state index < -0.39 is 0 Å². The number of aryl methyl sites for hydroxylation is 2. The van der Waals surface area contributed by atoms with Crippen LogP contribution in [0, 0.1) is 19.8 Å². The van der Waals surface area contributed by atoms with E-state index in [1.807, 2.05) is 17.8 Å². The Morgan fingerprint density at radius 1 is 1.36 bits per heavy atom. The highest BCUT2D eigenvalue weighted by molar-refractivity contribution is 5.17. The van der Waals surface area contributed by atoms with Crippen molar-refractivity contribution in [2.24, 2.45) is 5.92 Å². The van der Waals surface area contributed by atoms with Gasteiger partial charge in [-0.25, -0.2) is 4.98 Å². The molecule has 1 aliphatic rings. The molecule has 120 valence electrons. The minimum atomic E-state index is -0.331. The second kappa shape index (κ2) is 6.16. The van der Waals surface area contributed by atoms with Gasteiger partial charge in [0.1, 0.15) is 5.82 Å². The zero-order valence-electron chi connectivity index (χ0n) is 13.4. The van der Waals surface area contributed by atoms with Gasteiger partial charge >= 0.3 is 0 Å². The lowest BCUT2D eigenvalue weighted by Crippen LogP contribution is -2.21. The molecule has 22 heavy (non-hydrogen) atoms. The van der Waals surface area contributed by atoms with E-state index in [4.69, 9.17) is 0 Å². The van der Waals surface area contributed by atoms with E-state index in [0.717, 1.165) is 37.8 Å². The lowest BCUT2D eigenvalue weighted by atomic mass is 9.97. The maximum Gasteiger partial charge on any atom is 0.155 e. The van der Waals surface area contributed by atoms with Gasteiger partial charge in [-0.2, -0.15) is 10.2 Å². The van der Waals surface area contributed by atoms with Gasteiger partial charge in [-0.3, -0.25) is 19.1 Å². The van der Waals surface area contributed by atoms with Gasteiger partial charge in [0.15, 0.2) is 5.82 Å². The predicted octanol–water partition coefficient (Wildman–Crippen LogP) is 1.82. The highest BCUT2D eigenvalue weighted by atomic mass is 19.1. The van der Waals surface area contributed by atoms with E-state index in [1.54, 1.807) is 0 Å². The lowest BCUT2D eigenvalue weighted by molar-refractivity contribution is 0.295. The predicted molar refractivity (Wildman–Crippen MR) is 81.2 cm³/mol. The van der Waals surface area contributed by atoms with Crippen molar-refractivity contribution in [3.8, 4) is 0 Å². The van der Waals surface area contributed by atoms with Gasteiger partial charge in [-0.15, -0.1) is 0 Å². The molecule has 6 nitrogen and oxygen atoms in total. The van der Waals surface area contributed by atoms with Crippen LogP contribution in [0.2, 0.25) is 0 Å². The fraction of sp³-hybridized carbons (Fsp3) is 0.667. The van der Waals surface area contributed by atoms with Crippen LogP contribution in [-0.2, 0) is 13.1 Å². The standard InChI is InChI=1S/C15H23FN6/c1-4-22-10(2)13(6-17-22)8-21-7-12(5-16)14(9-21)15-18-11(3)19-20-15/h6,12,14H,4-5,7-9H2,1-3H3,(H,18,19,20)/t12-,14-/m1/s1. The van der Waals surface area contributed by atoms with Gasteiger partial charge in [-0.1, -0.05) is 0 Å². The lowest BCUT2D eigenvalue weighted by Gasteiger charge is -2.15. The smallest absolute Gasteiger partial charge is 0.155 e. The summed E-state index contributed by atoms with van der Waals surface area (Å²) in [5.41, 5.74) is 2.41. The second-order valence-electron chi connectivity index (χ2n) is 6.06. The van der Waals surface area contributed by atoms with Crippen molar-refractivity contribution in [2.45, 2.75) is 39.8 Å². The molecule has 0 unspecified atom stereocenters. The number of hydrogen-bond acceptors (Lipinski definition) is 4. The van der Waals surface area contributed by atoms with E-state index in [2.05, 4.69) is 39.0 Å². The Labute approximate surface area is 129 Å². The van der Waals surface area contributed by atoms with Crippen molar-refractivity contribution in [3.63, 3.8) is 0 Å². The molecule has 3 heterocycles. The van der Waals surface area contributed by atoms with Gasteiger partial charge < -0.3 is 0 Å². The van der Waals surface area contributed by atoms with E-state index >= 15 is 0 Å². The number of aromatic amines is 1. The number of hydrogen-bond donors (Lipinski definition) is 1. The Hall–Kier alpha value is -1.76. The van der Waals surface area contributed by atoms with Gasteiger partial charge in [0.05, 0.1) is 12.9 Å². The van der Waals surface area contributed by atoms with Crippen LogP contribution in [-0.4, -0.2) is 49.6 Å². The van der Waals surface area contributed by atoms with Gasteiger partial charge in [0, 0.05) is 49.3 Å². The number of halogens is 1. The zero-order chi connectivity index (χ0) is 15.7. The molecule has 2 aromatic rings. The van der Waals surface area contributed by atoms with Crippen molar-refractivity contribution in [1.29, 1.82) is 0 Å². The Kier molecular flexibility index (Phi) is 4.24. The van der Waals surface area contributed by atoms with Crippen molar-refractivity contribution in [2.75, 3.05) is 19.8 Å². The van der Waals surface area contributed by atoms with Gasteiger partial charge in [-0.05, 0) is 20.8 Å². The highest BCUT2D eigenvalue weighted by Gasteiger charge is 2.36. The maximum absolute atomic E-state index is 13.4. The summed E-state index contributed by atoms with van der Waals surface area (Å²) in [5, 5.41) is 11.5. The molecular weight excluding hydrogens is 283 g/mol. The maximum atomic E-state index is 13.4. The molecule has 1 aliphatic heterocycles. The van der Waals surface area contributed by atoms with E-state index in [-0.39, 0.29) is 18.5 Å². The fourth-order valence-electron chi connectivity index (χ4n) is 3.26. The van der Waals surface area contributed by atoms with E-state index in [9.17, 15) is 4.39 Å². The summed E-state index contributed by atoms with van der Waals surface area (Å²) < 4.78 is 15.4. The van der Waals surface area contributed by atoms with E-state index in [1.165, 1.54) is 11.3 Å². The van der Waals surface area contributed by atoms with E-state index in [0.29, 0.717) is 0 Å². The summed E-state index contributed by atoms with van der Waals surface area (Å²) in [6.07, 6.45) is 1.92. The number of alkyl halides is 1. The van der Waals surface area contributed by atoms with Crippen LogP contribution in [0.4, 0.5) is 4.39 Å². The first-order valence-electron chi connectivity index (χ1n) is 7.80. The molecule has 1 N–H and O–H groups in total. The molecule has 0 radical (unpaired) electrons. The number of nitrogens with zero attached hydrogens (tertiary/aromatic N) is 5. The number of rotatable bonds is 5. The monoisotopic (exact) mass is 306 g/mol. The first kappa shape index (κ1) is 15.1. The zero-order valence-corrected chi connectivity index (χ0v) is 13.4. The van der Waals surface area contributed by atoms with Crippen LogP contribution in [0.5, 0.6) is 0 Å². The quantitative estimate of drug-likeness (QED) is 0.915. The third-order valence-corrected chi connectivity index (χ3v) is 4.56. The number of likely N-dealkylation sites (tertiary alicyclic amines) is 1. The molecule has 1 fully saturated rings. The Balaban J connectivity index is 1.72. The van der Waals surface area contributed by atoms with Crippen molar-refractivity contribution < 1.29 is 4.39 Å². The number of nitrogens with one attached hydrogen (secondary N) is 1. The molecule has 2 atom stereocenters. The summed E-state index contributed by atoms with van der Waals surface area (Å²) in [6, 6.07) is 0. The van der Waals surface area contributed by atoms with Gasteiger partial charge in [0.25, 0.3) is 0 Å². The molecule has 0 aromatic carbocycles. The highest BCUT2D eigenvalue weighted by Crippen LogP contribution is 2.32. The van der Waals surface area contributed by atoms with Crippen LogP contribution >= 0.6 is 0 Å². The fourth-order valence-corrected chi connectivity index (χ4v) is 3.26. The van der Waals surface area contributed by atoms with Crippen LogP contribution in [0.1, 0.15) is 35.7 Å². The number of H-pyrrole nitrogens is 1. The molecule has 0 spiro atoms. The van der Waals surface area contributed by atoms with Crippen LogP contribution in [0.25, 0.3) is 0 Å². The largest absolute Gasteiger partial charge is 0.298 e. The van der Waals surface area contributed by atoms with Crippen molar-refractivity contribution >= 4 is 0 Å². The first-order chi connectivity index (χ1) is 10.6. The van der Waals surface area contributed by atoms with Crippen LogP contribution in [0.3, 0.4) is 0 Å². The molecule has 7 heteroatoms. The third kappa shape index (κ3) is 2.77. The minimum Gasteiger partial charge on any atom is -0.298 e. The van der Waals surface area contributed by atoms with Crippen LogP contribution in [0.15, 0.2) is 6.20 Å². The minimum absolute atomic E-state index is 0.0308. The Morgan fingerprint density at radius 3 is 2.77 bits per heavy atom. The molecule has 0 amide bonds. The average molecular weight is 306 g/mol. The van der Waals surface area contributed by atoms with Gasteiger partial charge in [0.2, 0.25) is 0 Å². The normalized spacial score (nSPS) is 22.5. The number of aromatic nitrogens is 5. The Bertz CT molecular complexity index is 634. The molecule has 0 saturated carbocycles. The third-order valence-electron chi connectivity index (χ3n) is 4.56. The molecule has 0 bridgehead atoms. The van der Waals surface area contributed by atoms with Crippen molar-refractivity contribution in [1.82, 2.24) is 29.9 Å². The summed E-state index contributed by atoms with van der Waals surface area (Å²) in [5.74, 6) is 1.56. The van der Waals surface area contributed by atoms with Crippen molar-refractivity contribution in [3.05, 3.63) is 29.1 Å². The molecule has 3 rings (SSSR count). The first-order valence-corrected chi connectivity index (χ1v) is 7.80. The summed E-state index contributed by atoms with van der Waals surface area (Å²) in [6.45, 7) is 8.93. The second-order valence-corrected chi connectivity index (χ2v) is 6.06. The average Bonchev–Trinajstić information content (AvgIpc) is 3.19. The van der Waals surface area contributed by atoms with Crippen LogP contribution < -0.4 is 0 Å². The Morgan fingerprint density at radius 2 is 2.18 bits per heavy atom. The molecule has 1 saturated heterocycles. The summed E-state index contributed by atoms with van der Waals surface area (Å²) >= 11 is 0. The molecule has 2 aromatic heterocycles. The topological polar surface area (TPSA) is 62.6 Å². The molecule has 0 aliphatic carbocycles. The SMILES string of the molecule is CCn1ncc(CN2C[C@@H](CF)[C@H](c3n[nH]c(C)n3)C2)c1C. The summed E-state index contributed by atoms with van der Waals surface area (Å²) in [7, 11) is 0. The summed E-state index contributed by atoms with van der Waals surface area (Å²) in [4.78, 5) is 6.67. The molecular formula is C15H23FN6.